The smallest absolute Gasteiger partial charge is 0.327 e. The number of Topliss-reactive ketones (excluding diaryl/α,β-unsaturated/α-hetero) is 1. The molecule has 2 rings (SSSR count). The molecule has 24 heavy (non-hydrogen) atoms. The lowest BCUT2D eigenvalue weighted by molar-refractivity contribution is -0.138. The zero-order chi connectivity index (χ0) is 17.5. The van der Waals surface area contributed by atoms with Crippen molar-refractivity contribution in [3.63, 3.8) is 0 Å². The highest BCUT2D eigenvalue weighted by atomic mass is 79.9. The van der Waals surface area contributed by atoms with Crippen molar-refractivity contribution in [2.24, 2.45) is 0 Å². The summed E-state index contributed by atoms with van der Waals surface area (Å²) in [6.07, 6.45) is 0. The van der Waals surface area contributed by atoms with Gasteiger partial charge in [0.15, 0.2) is 22.1 Å². The van der Waals surface area contributed by atoms with Gasteiger partial charge in [-0.1, -0.05) is 46.3 Å². The Bertz CT molecular complexity index is 715. The summed E-state index contributed by atoms with van der Waals surface area (Å²) in [6.45, 7) is 0.383. The van der Waals surface area contributed by atoms with E-state index in [-0.39, 0.29) is 0 Å². The average molecular weight is 393 g/mol. The molecule has 0 N–H and O–H groups in total. The van der Waals surface area contributed by atoms with Gasteiger partial charge in [-0.15, -0.1) is 0 Å². The normalized spacial score (nSPS) is 11.5. The van der Waals surface area contributed by atoms with Crippen LogP contribution in [0, 0.1) is 0 Å². The number of ether oxygens (including phenoxy) is 3. The lowest BCUT2D eigenvalue weighted by atomic mass is 10.1. The summed E-state index contributed by atoms with van der Waals surface area (Å²) in [6, 6.07) is 14.5. The van der Waals surface area contributed by atoms with E-state index in [1.54, 1.807) is 18.2 Å². The molecule has 6 heteroatoms. The molecule has 0 amide bonds. The zero-order valence-electron chi connectivity index (χ0n) is 13.3. The molecule has 0 aliphatic carbocycles. The standard InChI is InChI=1S/C18H17BrO5/c1-22-15-10-13(17(20)16(19)18(21)23-2)8-9-14(15)24-11-12-6-4-3-5-7-12/h3-10,16H,11H2,1-2H3. The van der Waals surface area contributed by atoms with Crippen molar-refractivity contribution in [2.45, 2.75) is 11.4 Å². The minimum Gasteiger partial charge on any atom is -0.493 e. The molecule has 0 heterocycles. The van der Waals surface area contributed by atoms with Gasteiger partial charge in [0.2, 0.25) is 0 Å². The number of ketones is 1. The largest absolute Gasteiger partial charge is 0.493 e. The number of halogens is 1. The van der Waals surface area contributed by atoms with Crippen LogP contribution in [0.1, 0.15) is 15.9 Å². The molecule has 0 aliphatic heterocycles. The summed E-state index contributed by atoms with van der Waals surface area (Å²) in [5.74, 6) is -0.124. The van der Waals surface area contributed by atoms with Crippen LogP contribution in [0.25, 0.3) is 0 Å². The van der Waals surface area contributed by atoms with Gasteiger partial charge in [0.05, 0.1) is 14.2 Å². The second kappa shape index (κ2) is 8.49. The summed E-state index contributed by atoms with van der Waals surface area (Å²) >= 11 is 3.04. The topological polar surface area (TPSA) is 61.8 Å². The lowest BCUT2D eigenvalue weighted by Crippen LogP contribution is -2.25. The molecule has 1 unspecified atom stereocenters. The van der Waals surface area contributed by atoms with Crippen LogP contribution in [0.4, 0.5) is 0 Å². The Morgan fingerprint density at radius 1 is 1.04 bits per heavy atom. The molecule has 0 aliphatic rings. The van der Waals surface area contributed by atoms with Crippen LogP contribution in [-0.4, -0.2) is 30.8 Å². The quantitative estimate of drug-likeness (QED) is 0.312. The van der Waals surface area contributed by atoms with Gasteiger partial charge in [0, 0.05) is 5.56 Å². The van der Waals surface area contributed by atoms with E-state index < -0.39 is 16.6 Å². The molecule has 0 bridgehead atoms. The van der Waals surface area contributed by atoms with Crippen LogP contribution in [0.3, 0.4) is 0 Å². The third kappa shape index (κ3) is 4.35. The van der Waals surface area contributed by atoms with Crippen molar-refractivity contribution >= 4 is 27.7 Å². The number of carbonyl (C=O) groups is 2. The predicted octanol–water partition coefficient (Wildman–Crippen LogP) is 3.39. The molecular weight excluding hydrogens is 376 g/mol. The average Bonchev–Trinajstić information content (AvgIpc) is 2.65. The Morgan fingerprint density at radius 2 is 1.75 bits per heavy atom. The van der Waals surface area contributed by atoms with E-state index in [0.717, 1.165) is 5.56 Å². The van der Waals surface area contributed by atoms with Crippen molar-refractivity contribution in [1.82, 2.24) is 0 Å². The number of hydrogen-bond acceptors (Lipinski definition) is 5. The van der Waals surface area contributed by atoms with E-state index in [0.29, 0.717) is 23.7 Å². The van der Waals surface area contributed by atoms with Crippen molar-refractivity contribution in [3.8, 4) is 11.5 Å². The Morgan fingerprint density at radius 3 is 2.38 bits per heavy atom. The van der Waals surface area contributed by atoms with E-state index in [1.165, 1.54) is 14.2 Å². The molecule has 2 aromatic rings. The summed E-state index contributed by atoms with van der Waals surface area (Å²) in [5.41, 5.74) is 1.34. The Balaban J connectivity index is 2.15. The molecule has 0 fully saturated rings. The maximum absolute atomic E-state index is 12.3. The zero-order valence-corrected chi connectivity index (χ0v) is 14.9. The van der Waals surface area contributed by atoms with Gasteiger partial charge in [-0.05, 0) is 23.8 Å². The Hall–Kier alpha value is -2.34. The van der Waals surface area contributed by atoms with Gasteiger partial charge in [0.1, 0.15) is 6.61 Å². The van der Waals surface area contributed by atoms with Crippen molar-refractivity contribution < 1.29 is 23.8 Å². The molecule has 126 valence electrons. The molecule has 2 aromatic carbocycles. The van der Waals surface area contributed by atoms with E-state index in [1.807, 2.05) is 30.3 Å². The van der Waals surface area contributed by atoms with Gasteiger partial charge in [-0.3, -0.25) is 9.59 Å². The van der Waals surface area contributed by atoms with Gasteiger partial charge in [0.25, 0.3) is 0 Å². The van der Waals surface area contributed by atoms with Crippen molar-refractivity contribution in [1.29, 1.82) is 0 Å². The van der Waals surface area contributed by atoms with E-state index in [4.69, 9.17) is 9.47 Å². The van der Waals surface area contributed by atoms with E-state index in [9.17, 15) is 9.59 Å². The minimum absolute atomic E-state index is 0.325. The first kappa shape index (κ1) is 18.0. The van der Waals surface area contributed by atoms with Crippen LogP contribution in [0.2, 0.25) is 0 Å². The van der Waals surface area contributed by atoms with Gasteiger partial charge in [-0.25, -0.2) is 0 Å². The molecule has 1 atom stereocenters. The first-order valence-corrected chi connectivity index (χ1v) is 8.09. The number of esters is 1. The van der Waals surface area contributed by atoms with Crippen molar-refractivity contribution in [2.75, 3.05) is 14.2 Å². The first-order valence-electron chi connectivity index (χ1n) is 7.17. The summed E-state index contributed by atoms with van der Waals surface area (Å²) in [7, 11) is 2.72. The number of rotatable bonds is 7. The maximum atomic E-state index is 12.3. The van der Waals surface area contributed by atoms with Crippen LogP contribution in [0.15, 0.2) is 48.5 Å². The maximum Gasteiger partial charge on any atom is 0.327 e. The highest BCUT2D eigenvalue weighted by Crippen LogP contribution is 2.30. The fraction of sp³-hybridized carbons (Fsp3) is 0.222. The molecule has 0 saturated carbocycles. The van der Waals surface area contributed by atoms with Crippen LogP contribution in [-0.2, 0) is 16.1 Å². The second-order valence-corrected chi connectivity index (χ2v) is 5.81. The highest BCUT2D eigenvalue weighted by molar-refractivity contribution is 9.10. The summed E-state index contributed by atoms with van der Waals surface area (Å²) in [4.78, 5) is 22.7. The molecule has 5 nitrogen and oxygen atoms in total. The van der Waals surface area contributed by atoms with Crippen LogP contribution in [0.5, 0.6) is 11.5 Å². The fourth-order valence-corrected chi connectivity index (χ4v) is 2.48. The highest BCUT2D eigenvalue weighted by Gasteiger charge is 2.26. The number of carbonyl (C=O) groups excluding carboxylic acids is 2. The van der Waals surface area contributed by atoms with E-state index in [2.05, 4.69) is 20.7 Å². The van der Waals surface area contributed by atoms with Crippen LogP contribution >= 0.6 is 15.9 Å². The van der Waals surface area contributed by atoms with Gasteiger partial charge >= 0.3 is 5.97 Å². The van der Waals surface area contributed by atoms with E-state index >= 15 is 0 Å². The fourth-order valence-electron chi connectivity index (χ4n) is 2.03. The molecule has 0 saturated heterocycles. The third-order valence-corrected chi connectivity index (χ3v) is 4.11. The van der Waals surface area contributed by atoms with Crippen LogP contribution < -0.4 is 9.47 Å². The number of hydrogen-bond donors (Lipinski definition) is 0. The first-order chi connectivity index (χ1) is 11.6. The Kier molecular flexibility index (Phi) is 6.37. The predicted molar refractivity (Wildman–Crippen MR) is 92.8 cm³/mol. The van der Waals surface area contributed by atoms with Crippen molar-refractivity contribution in [3.05, 3.63) is 59.7 Å². The number of methoxy groups -OCH3 is 2. The third-order valence-electron chi connectivity index (χ3n) is 3.32. The second-order valence-electron chi connectivity index (χ2n) is 4.89. The SMILES string of the molecule is COC(=O)C(Br)C(=O)c1ccc(OCc2ccccc2)c(OC)c1. The molecule has 0 spiro atoms. The molecule has 0 aromatic heterocycles. The summed E-state index contributed by atoms with van der Waals surface area (Å²) < 4.78 is 15.6. The Labute approximate surface area is 148 Å². The van der Waals surface area contributed by atoms with Gasteiger partial charge < -0.3 is 14.2 Å². The number of benzene rings is 2. The monoisotopic (exact) mass is 392 g/mol. The summed E-state index contributed by atoms with van der Waals surface area (Å²) in [5, 5.41) is 0. The minimum atomic E-state index is -1.05. The lowest BCUT2D eigenvalue weighted by Gasteiger charge is -2.13. The number of alkyl halides is 1. The molecule has 0 radical (unpaired) electrons. The molecular formula is C18H17BrO5. The van der Waals surface area contributed by atoms with Gasteiger partial charge in [-0.2, -0.15) is 0 Å².